The molecule has 0 atom stereocenters. The molecule has 0 saturated carbocycles. The van der Waals surface area contributed by atoms with Crippen molar-refractivity contribution in [2.75, 3.05) is 0 Å². The van der Waals surface area contributed by atoms with E-state index >= 15 is 0 Å². The van der Waals surface area contributed by atoms with Gasteiger partial charge in [-0.3, -0.25) is 0 Å². The summed E-state index contributed by atoms with van der Waals surface area (Å²) < 4.78 is 6.92. The summed E-state index contributed by atoms with van der Waals surface area (Å²) in [6, 6.07) is 14.1. The smallest absolute Gasteiger partial charge is 0.133 e. The first-order valence-electron chi connectivity index (χ1n) is 6.67. The Hall–Kier alpha value is -1.32. The summed E-state index contributed by atoms with van der Waals surface area (Å²) in [6.07, 6.45) is 0. The lowest BCUT2D eigenvalue weighted by molar-refractivity contribution is 0.475. The van der Waals surface area contributed by atoms with Crippen molar-refractivity contribution in [2.24, 2.45) is 5.73 Å². The molecule has 0 fully saturated rings. The molecule has 0 heterocycles. The second-order valence-electron chi connectivity index (χ2n) is 5.83. The Morgan fingerprint density at radius 1 is 1.05 bits per heavy atom. The van der Waals surface area contributed by atoms with Gasteiger partial charge in [0.25, 0.3) is 0 Å². The lowest BCUT2D eigenvalue weighted by Gasteiger charge is -2.19. The van der Waals surface area contributed by atoms with Gasteiger partial charge in [-0.15, -0.1) is 0 Å². The molecular formula is C17H20BrNO. The largest absolute Gasteiger partial charge is 0.457 e. The summed E-state index contributed by atoms with van der Waals surface area (Å²) in [7, 11) is 0. The third-order valence-electron chi connectivity index (χ3n) is 3.20. The van der Waals surface area contributed by atoms with Gasteiger partial charge < -0.3 is 10.5 Å². The van der Waals surface area contributed by atoms with Crippen molar-refractivity contribution in [1.29, 1.82) is 0 Å². The molecule has 0 aliphatic rings. The monoisotopic (exact) mass is 333 g/mol. The van der Waals surface area contributed by atoms with Gasteiger partial charge in [0.2, 0.25) is 0 Å². The second-order valence-corrected chi connectivity index (χ2v) is 6.75. The van der Waals surface area contributed by atoms with Crippen LogP contribution >= 0.6 is 15.9 Å². The zero-order valence-corrected chi connectivity index (χ0v) is 13.7. The van der Waals surface area contributed by atoms with Crippen LogP contribution in [0.15, 0.2) is 46.9 Å². The van der Waals surface area contributed by atoms with Gasteiger partial charge >= 0.3 is 0 Å². The highest BCUT2D eigenvalue weighted by molar-refractivity contribution is 9.10. The number of benzene rings is 2. The molecule has 0 unspecified atom stereocenters. The van der Waals surface area contributed by atoms with Crippen LogP contribution in [-0.4, -0.2) is 0 Å². The molecule has 20 heavy (non-hydrogen) atoms. The molecule has 106 valence electrons. The van der Waals surface area contributed by atoms with Crippen molar-refractivity contribution in [3.63, 3.8) is 0 Å². The van der Waals surface area contributed by atoms with Crippen LogP contribution in [0.25, 0.3) is 0 Å². The first-order chi connectivity index (χ1) is 9.40. The molecule has 2 rings (SSSR count). The van der Waals surface area contributed by atoms with Crippen LogP contribution in [0.5, 0.6) is 11.5 Å². The number of hydrogen-bond acceptors (Lipinski definition) is 2. The summed E-state index contributed by atoms with van der Waals surface area (Å²) in [5.41, 5.74) is 8.17. The molecule has 0 radical (unpaired) electrons. The quantitative estimate of drug-likeness (QED) is 0.857. The van der Waals surface area contributed by atoms with Crippen molar-refractivity contribution < 1.29 is 4.74 Å². The SMILES string of the molecule is CC(C)(C)c1ccc(Oc2cc(Br)ccc2CN)cc1. The minimum Gasteiger partial charge on any atom is -0.457 e. The van der Waals surface area contributed by atoms with E-state index in [1.54, 1.807) is 0 Å². The molecule has 0 spiro atoms. The highest BCUT2D eigenvalue weighted by Gasteiger charge is 2.13. The minimum absolute atomic E-state index is 0.150. The topological polar surface area (TPSA) is 35.2 Å². The molecule has 2 nitrogen and oxygen atoms in total. The number of hydrogen-bond donors (Lipinski definition) is 1. The van der Waals surface area contributed by atoms with Crippen molar-refractivity contribution in [2.45, 2.75) is 32.7 Å². The Bertz CT molecular complexity index is 585. The van der Waals surface area contributed by atoms with Crippen LogP contribution in [0, 0.1) is 0 Å². The zero-order valence-electron chi connectivity index (χ0n) is 12.1. The van der Waals surface area contributed by atoms with Crippen molar-refractivity contribution in [3.8, 4) is 11.5 Å². The Kier molecular flexibility index (Phi) is 4.51. The molecule has 2 aromatic carbocycles. The normalized spacial score (nSPS) is 11.4. The standard InChI is InChI=1S/C17H20BrNO/c1-17(2,3)13-5-8-15(9-6-13)20-16-10-14(18)7-4-12(16)11-19/h4-10H,11,19H2,1-3H3. The lowest BCUT2D eigenvalue weighted by atomic mass is 9.87. The van der Waals surface area contributed by atoms with Gasteiger partial charge in [-0.05, 0) is 35.2 Å². The predicted octanol–water partition coefficient (Wildman–Crippen LogP) is 5.00. The maximum atomic E-state index is 5.94. The molecule has 0 bridgehead atoms. The highest BCUT2D eigenvalue weighted by atomic mass is 79.9. The first kappa shape index (κ1) is 15.1. The van der Waals surface area contributed by atoms with Gasteiger partial charge in [-0.25, -0.2) is 0 Å². The summed E-state index contributed by atoms with van der Waals surface area (Å²) in [4.78, 5) is 0. The molecule has 3 heteroatoms. The van der Waals surface area contributed by atoms with E-state index in [4.69, 9.17) is 10.5 Å². The first-order valence-corrected chi connectivity index (χ1v) is 7.46. The Morgan fingerprint density at radius 3 is 2.25 bits per heavy atom. The average Bonchev–Trinajstić information content (AvgIpc) is 2.38. The number of nitrogens with two attached hydrogens (primary N) is 1. The fraction of sp³-hybridized carbons (Fsp3) is 0.294. The van der Waals surface area contributed by atoms with E-state index in [2.05, 4.69) is 48.8 Å². The number of halogens is 1. The molecule has 0 aliphatic carbocycles. The predicted molar refractivity (Wildman–Crippen MR) is 87.2 cm³/mol. The Balaban J connectivity index is 2.24. The summed E-state index contributed by atoms with van der Waals surface area (Å²) >= 11 is 3.46. The Morgan fingerprint density at radius 2 is 1.70 bits per heavy atom. The molecule has 0 aliphatic heterocycles. The van der Waals surface area contributed by atoms with E-state index in [0.717, 1.165) is 21.5 Å². The Labute approximate surface area is 129 Å². The maximum absolute atomic E-state index is 5.94. The lowest BCUT2D eigenvalue weighted by Crippen LogP contribution is -2.10. The van der Waals surface area contributed by atoms with Crippen LogP contribution in [0.2, 0.25) is 0 Å². The summed E-state index contributed by atoms with van der Waals surface area (Å²) in [5, 5.41) is 0. The van der Waals surface area contributed by atoms with Crippen LogP contribution < -0.4 is 10.5 Å². The molecular weight excluding hydrogens is 314 g/mol. The van der Waals surface area contributed by atoms with E-state index in [-0.39, 0.29) is 5.41 Å². The van der Waals surface area contributed by atoms with Crippen LogP contribution in [-0.2, 0) is 12.0 Å². The van der Waals surface area contributed by atoms with E-state index in [0.29, 0.717) is 6.54 Å². The average molecular weight is 334 g/mol. The van der Waals surface area contributed by atoms with E-state index in [1.165, 1.54) is 5.56 Å². The second kappa shape index (κ2) is 5.98. The molecule has 0 saturated heterocycles. The van der Waals surface area contributed by atoms with Crippen LogP contribution in [0.3, 0.4) is 0 Å². The molecule has 0 aromatic heterocycles. The van der Waals surface area contributed by atoms with Gasteiger partial charge in [0.05, 0.1) is 0 Å². The summed E-state index contributed by atoms with van der Waals surface area (Å²) in [5.74, 6) is 1.62. The van der Waals surface area contributed by atoms with Gasteiger partial charge in [-0.2, -0.15) is 0 Å². The van der Waals surface area contributed by atoms with Gasteiger partial charge in [-0.1, -0.05) is 54.9 Å². The summed E-state index contributed by atoms with van der Waals surface area (Å²) in [6.45, 7) is 7.06. The van der Waals surface area contributed by atoms with Crippen molar-refractivity contribution >= 4 is 15.9 Å². The third kappa shape index (κ3) is 3.62. The minimum atomic E-state index is 0.150. The van der Waals surface area contributed by atoms with Gasteiger partial charge in [0.1, 0.15) is 11.5 Å². The molecule has 0 amide bonds. The fourth-order valence-electron chi connectivity index (χ4n) is 1.94. The molecule has 2 N–H and O–H groups in total. The number of rotatable bonds is 3. The fourth-order valence-corrected chi connectivity index (χ4v) is 2.28. The number of ether oxygens (including phenoxy) is 1. The molecule has 2 aromatic rings. The van der Waals surface area contributed by atoms with E-state index in [9.17, 15) is 0 Å². The highest BCUT2D eigenvalue weighted by Crippen LogP contribution is 2.30. The van der Waals surface area contributed by atoms with E-state index in [1.807, 2.05) is 30.3 Å². The van der Waals surface area contributed by atoms with Crippen LogP contribution in [0.4, 0.5) is 0 Å². The zero-order chi connectivity index (χ0) is 14.8. The van der Waals surface area contributed by atoms with Gasteiger partial charge in [0.15, 0.2) is 0 Å². The van der Waals surface area contributed by atoms with Crippen LogP contribution in [0.1, 0.15) is 31.9 Å². The van der Waals surface area contributed by atoms with Crippen molar-refractivity contribution in [1.82, 2.24) is 0 Å². The van der Waals surface area contributed by atoms with E-state index < -0.39 is 0 Å². The third-order valence-corrected chi connectivity index (χ3v) is 3.69. The maximum Gasteiger partial charge on any atom is 0.133 e. The van der Waals surface area contributed by atoms with Crippen molar-refractivity contribution in [3.05, 3.63) is 58.1 Å². The van der Waals surface area contributed by atoms with Gasteiger partial charge in [0, 0.05) is 16.6 Å².